The molecule has 0 aliphatic rings. The monoisotopic (exact) mass is 381 g/mol. The molecule has 0 aliphatic carbocycles. The first kappa shape index (κ1) is 18.9. The minimum atomic E-state index is -0.531. The van der Waals surface area contributed by atoms with E-state index < -0.39 is 5.92 Å². The van der Waals surface area contributed by atoms with Gasteiger partial charge in [0.05, 0.1) is 5.92 Å². The van der Waals surface area contributed by atoms with Crippen LogP contribution in [0.1, 0.15) is 44.3 Å². The molecule has 4 rings (SSSR count). The van der Waals surface area contributed by atoms with E-state index in [9.17, 15) is 9.59 Å². The van der Waals surface area contributed by atoms with Crippen molar-refractivity contribution in [3.8, 4) is 0 Å². The summed E-state index contributed by atoms with van der Waals surface area (Å²) in [7, 11) is 2.00. The Bertz CT molecular complexity index is 1170. The number of aryl methyl sites for hydroxylation is 1. The van der Waals surface area contributed by atoms with E-state index in [1.54, 1.807) is 0 Å². The summed E-state index contributed by atoms with van der Waals surface area (Å²) in [6.45, 7) is 2.02. The molecule has 3 heteroatoms. The first-order valence-electron chi connectivity index (χ1n) is 9.79. The molecular weight excluding hydrogens is 358 g/mol. The molecule has 3 nitrogen and oxygen atoms in total. The van der Waals surface area contributed by atoms with E-state index in [1.165, 1.54) is 0 Å². The predicted octanol–water partition coefficient (Wildman–Crippen LogP) is 5.73. The van der Waals surface area contributed by atoms with E-state index in [1.807, 2.05) is 92.8 Å². The number of para-hydroxylation sites is 1. The van der Waals surface area contributed by atoms with Crippen molar-refractivity contribution in [1.29, 1.82) is 0 Å². The average molecular weight is 381 g/mol. The highest BCUT2D eigenvalue weighted by atomic mass is 16.1. The van der Waals surface area contributed by atoms with Crippen molar-refractivity contribution >= 4 is 22.5 Å². The van der Waals surface area contributed by atoms with Gasteiger partial charge in [-0.1, -0.05) is 78.9 Å². The minimum Gasteiger partial charge on any atom is -0.348 e. The third kappa shape index (κ3) is 3.52. The van der Waals surface area contributed by atoms with Gasteiger partial charge in [-0.15, -0.1) is 0 Å². The summed E-state index contributed by atoms with van der Waals surface area (Å²) in [6.07, 6.45) is 0.145. The maximum atomic E-state index is 13.6. The summed E-state index contributed by atoms with van der Waals surface area (Å²) < 4.78 is 2.10. The van der Waals surface area contributed by atoms with Gasteiger partial charge in [0.25, 0.3) is 0 Å². The Morgan fingerprint density at radius 1 is 0.793 bits per heavy atom. The number of benzene rings is 3. The Kier molecular flexibility index (Phi) is 5.13. The molecule has 0 saturated carbocycles. The SMILES string of the molecule is Cc1c([C@H](CC(=O)c2ccccc2)C(=O)c2ccccc2)c2ccccc2n1C. The van der Waals surface area contributed by atoms with Crippen LogP contribution >= 0.6 is 0 Å². The first-order chi connectivity index (χ1) is 14.1. The van der Waals surface area contributed by atoms with Crippen LogP contribution < -0.4 is 0 Å². The molecule has 0 spiro atoms. The molecule has 0 unspecified atom stereocenters. The van der Waals surface area contributed by atoms with Crippen LogP contribution in [-0.2, 0) is 7.05 Å². The third-order valence-corrected chi connectivity index (χ3v) is 5.66. The number of fused-ring (bicyclic) bond motifs is 1. The van der Waals surface area contributed by atoms with Crippen molar-refractivity contribution in [3.63, 3.8) is 0 Å². The Hall–Kier alpha value is -3.46. The highest BCUT2D eigenvalue weighted by Gasteiger charge is 2.30. The Morgan fingerprint density at radius 2 is 1.34 bits per heavy atom. The van der Waals surface area contributed by atoms with Crippen molar-refractivity contribution in [2.75, 3.05) is 0 Å². The van der Waals surface area contributed by atoms with Gasteiger partial charge in [-0.25, -0.2) is 0 Å². The molecule has 0 bridgehead atoms. The number of ketones is 2. The van der Waals surface area contributed by atoms with Crippen molar-refractivity contribution < 1.29 is 9.59 Å². The van der Waals surface area contributed by atoms with Crippen LogP contribution in [0.25, 0.3) is 10.9 Å². The lowest BCUT2D eigenvalue weighted by Crippen LogP contribution is -2.18. The van der Waals surface area contributed by atoms with Gasteiger partial charge in [0, 0.05) is 41.2 Å². The summed E-state index contributed by atoms with van der Waals surface area (Å²) in [4.78, 5) is 26.6. The standard InChI is InChI=1S/C26H23NO2/c1-18-25(21-15-9-10-16-23(21)27(18)2)22(26(29)20-13-7-4-8-14-20)17-24(28)19-11-5-3-6-12-19/h3-16,22H,17H2,1-2H3/t22-/m0/s1. The van der Waals surface area contributed by atoms with Gasteiger partial charge in [0.1, 0.15) is 0 Å². The topological polar surface area (TPSA) is 39.1 Å². The van der Waals surface area contributed by atoms with Crippen molar-refractivity contribution in [2.24, 2.45) is 7.05 Å². The second-order valence-corrected chi connectivity index (χ2v) is 7.35. The van der Waals surface area contributed by atoms with Crippen molar-refractivity contribution in [2.45, 2.75) is 19.3 Å². The number of hydrogen-bond acceptors (Lipinski definition) is 2. The van der Waals surface area contributed by atoms with Gasteiger partial charge in [-0.3, -0.25) is 9.59 Å². The molecule has 0 radical (unpaired) electrons. The predicted molar refractivity (Wildman–Crippen MR) is 117 cm³/mol. The average Bonchev–Trinajstić information content (AvgIpc) is 3.03. The van der Waals surface area contributed by atoms with Crippen LogP contribution in [0.15, 0.2) is 84.9 Å². The number of Topliss-reactive ketones (excluding diaryl/α,β-unsaturated/α-hetero) is 2. The fraction of sp³-hybridized carbons (Fsp3) is 0.154. The molecule has 3 aromatic carbocycles. The zero-order chi connectivity index (χ0) is 20.4. The van der Waals surface area contributed by atoms with Crippen LogP contribution in [0.5, 0.6) is 0 Å². The van der Waals surface area contributed by atoms with Gasteiger partial charge in [-0.2, -0.15) is 0 Å². The molecular formula is C26H23NO2. The molecule has 29 heavy (non-hydrogen) atoms. The van der Waals surface area contributed by atoms with Crippen LogP contribution in [-0.4, -0.2) is 16.1 Å². The maximum absolute atomic E-state index is 13.6. The van der Waals surface area contributed by atoms with Crippen molar-refractivity contribution in [3.05, 3.63) is 107 Å². The Balaban J connectivity index is 1.84. The van der Waals surface area contributed by atoms with E-state index in [2.05, 4.69) is 10.6 Å². The molecule has 1 aromatic heterocycles. The van der Waals surface area contributed by atoms with Crippen molar-refractivity contribution in [1.82, 2.24) is 4.57 Å². The van der Waals surface area contributed by atoms with Crippen LogP contribution in [0.2, 0.25) is 0 Å². The van der Waals surface area contributed by atoms with E-state index in [0.29, 0.717) is 11.1 Å². The number of rotatable bonds is 6. The summed E-state index contributed by atoms with van der Waals surface area (Å²) in [5, 5.41) is 1.03. The van der Waals surface area contributed by atoms with E-state index in [0.717, 1.165) is 22.2 Å². The lowest BCUT2D eigenvalue weighted by molar-refractivity contribution is 0.0893. The molecule has 0 aliphatic heterocycles. The van der Waals surface area contributed by atoms with Crippen LogP contribution in [0.3, 0.4) is 0 Å². The quantitative estimate of drug-likeness (QED) is 0.400. The second kappa shape index (κ2) is 7.88. The van der Waals surface area contributed by atoms with Gasteiger partial charge in [0.2, 0.25) is 0 Å². The normalized spacial score (nSPS) is 12.1. The maximum Gasteiger partial charge on any atom is 0.170 e. The summed E-state index contributed by atoms with van der Waals surface area (Å²) in [6, 6.07) is 26.5. The minimum absolute atomic E-state index is 0.0191. The fourth-order valence-corrected chi connectivity index (χ4v) is 4.05. The zero-order valence-corrected chi connectivity index (χ0v) is 16.6. The molecule has 0 fully saturated rings. The number of nitrogens with zero attached hydrogens (tertiary/aromatic N) is 1. The third-order valence-electron chi connectivity index (χ3n) is 5.66. The van der Waals surface area contributed by atoms with Crippen LogP contribution in [0.4, 0.5) is 0 Å². The number of carbonyl (C=O) groups excluding carboxylic acids is 2. The van der Waals surface area contributed by atoms with E-state index in [-0.39, 0.29) is 18.0 Å². The molecule has 0 N–H and O–H groups in total. The van der Waals surface area contributed by atoms with Gasteiger partial charge in [-0.05, 0) is 18.6 Å². The second-order valence-electron chi connectivity index (χ2n) is 7.35. The van der Waals surface area contributed by atoms with Gasteiger partial charge < -0.3 is 4.57 Å². The Morgan fingerprint density at radius 3 is 2.00 bits per heavy atom. The lowest BCUT2D eigenvalue weighted by Gasteiger charge is -2.17. The summed E-state index contributed by atoms with van der Waals surface area (Å²) in [5.74, 6) is -0.572. The molecule has 1 atom stereocenters. The molecule has 0 saturated heterocycles. The van der Waals surface area contributed by atoms with E-state index in [4.69, 9.17) is 0 Å². The van der Waals surface area contributed by atoms with Crippen LogP contribution in [0, 0.1) is 6.92 Å². The molecule has 0 amide bonds. The van der Waals surface area contributed by atoms with Gasteiger partial charge in [0.15, 0.2) is 11.6 Å². The number of aromatic nitrogens is 1. The summed E-state index contributed by atoms with van der Waals surface area (Å²) >= 11 is 0. The summed E-state index contributed by atoms with van der Waals surface area (Å²) in [5.41, 5.74) is 4.29. The highest BCUT2D eigenvalue weighted by Crippen LogP contribution is 2.36. The Labute approximate surface area is 170 Å². The van der Waals surface area contributed by atoms with E-state index >= 15 is 0 Å². The highest BCUT2D eigenvalue weighted by molar-refractivity contribution is 6.08. The number of hydrogen-bond donors (Lipinski definition) is 0. The molecule has 4 aromatic rings. The molecule has 1 heterocycles. The molecule has 144 valence electrons. The smallest absolute Gasteiger partial charge is 0.170 e. The van der Waals surface area contributed by atoms with Gasteiger partial charge >= 0.3 is 0 Å². The number of carbonyl (C=O) groups is 2. The zero-order valence-electron chi connectivity index (χ0n) is 16.6. The largest absolute Gasteiger partial charge is 0.348 e. The fourth-order valence-electron chi connectivity index (χ4n) is 4.05. The first-order valence-corrected chi connectivity index (χ1v) is 9.79. The lowest BCUT2D eigenvalue weighted by atomic mass is 9.84.